The number of nitrogen functional groups attached to an aromatic ring is 1. The molecule has 0 aliphatic carbocycles. The zero-order valence-corrected chi connectivity index (χ0v) is 16.4. The molecule has 2 aromatic rings. The average molecular weight is 406 g/mol. The molecule has 3 N–H and O–H groups in total. The van der Waals surface area contributed by atoms with E-state index in [1.165, 1.54) is 24.3 Å². The van der Waals surface area contributed by atoms with Crippen molar-refractivity contribution in [1.82, 2.24) is 10.2 Å². The number of hydrogen-bond donors (Lipinski definition) is 2. The number of rotatable bonds is 5. The number of nitrogens with two attached hydrogens (primary N) is 1. The Morgan fingerprint density at radius 3 is 2.46 bits per heavy atom. The number of carbonyl (C=O) groups excluding carboxylic acids is 2. The molecule has 2 aromatic carbocycles. The van der Waals surface area contributed by atoms with Crippen LogP contribution in [0.15, 0.2) is 48.5 Å². The minimum Gasteiger partial charge on any atom is -0.399 e. The largest absolute Gasteiger partial charge is 0.399 e. The third-order valence-corrected chi connectivity index (χ3v) is 4.86. The Morgan fingerprint density at radius 2 is 1.79 bits per heavy atom. The lowest BCUT2D eigenvalue weighted by molar-refractivity contribution is -0.126. The van der Waals surface area contributed by atoms with Gasteiger partial charge in [-0.1, -0.05) is 12.1 Å². The van der Waals surface area contributed by atoms with Crippen molar-refractivity contribution < 1.29 is 14.0 Å². The van der Waals surface area contributed by atoms with Gasteiger partial charge in [0.15, 0.2) is 0 Å². The van der Waals surface area contributed by atoms with E-state index in [0.29, 0.717) is 25.2 Å². The van der Waals surface area contributed by atoms with Gasteiger partial charge in [0.2, 0.25) is 5.91 Å². The van der Waals surface area contributed by atoms with Crippen molar-refractivity contribution in [2.24, 2.45) is 5.92 Å². The highest BCUT2D eigenvalue weighted by Gasteiger charge is 2.28. The Balaban J connectivity index is 0.00000280. The van der Waals surface area contributed by atoms with Gasteiger partial charge in [0.05, 0.1) is 5.92 Å². The second-order valence-electron chi connectivity index (χ2n) is 6.88. The van der Waals surface area contributed by atoms with Crippen LogP contribution in [0.4, 0.5) is 10.1 Å². The molecule has 28 heavy (non-hydrogen) atoms. The van der Waals surface area contributed by atoms with Crippen LogP contribution in [0.1, 0.15) is 28.8 Å². The Kier molecular flexibility index (Phi) is 7.81. The summed E-state index contributed by atoms with van der Waals surface area (Å²) in [6.07, 6.45) is 2.28. The number of hydrogen-bond acceptors (Lipinski definition) is 3. The van der Waals surface area contributed by atoms with Crippen molar-refractivity contribution in [1.29, 1.82) is 0 Å². The predicted molar refractivity (Wildman–Crippen MR) is 110 cm³/mol. The highest BCUT2D eigenvalue weighted by Crippen LogP contribution is 2.19. The summed E-state index contributed by atoms with van der Waals surface area (Å²) >= 11 is 0. The summed E-state index contributed by atoms with van der Waals surface area (Å²) in [7, 11) is 0. The second kappa shape index (κ2) is 10.1. The van der Waals surface area contributed by atoms with Gasteiger partial charge in [-0.3, -0.25) is 9.59 Å². The predicted octanol–water partition coefficient (Wildman–Crippen LogP) is 3.04. The summed E-state index contributed by atoms with van der Waals surface area (Å²) in [5, 5.41) is 2.96. The standard InChI is InChI=1S/C21H24FN3O2.ClH/c22-18-7-5-16(6-8-18)21(27)25-13-1-2-17(14-25)20(26)24-12-11-15-3-9-19(23)10-4-15;/h3-10,17H,1-2,11-14,23H2,(H,24,26);1H. The van der Waals surface area contributed by atoms with Crippen LogP contribution in [0.5, 0.6) is 0 Å². The molecule has 0 radical (unpaired) electrons. The summed E-state index contributed by atoms with van der Waals surface area (Å²) < 4.78 is 13.0. The molecule has 1 atom stereocenters. The molecule has 1 heterocycles. The van der Waals surface area contributed by atoms with Gasteiger partial charge in [-0.25, -0.2) is 4.39 Å². The van der Waals surface area contributed by atoms with Crippen LogP contribution < -0.4 is 11.1 Å². The maximum atomic E-state index is 13.0. The van der Waals surface area contributed by atoms with E-state index in [2.05, 4.69) is 5.32 Å². The molecule has 1 saturated heterocycles. The van der Waals surface area contributed by atoms with E-state index >= 15 is 0 Å². The Bertz CT molecular complexity index is 796. The van der Waals surface area contributed by atoms with Crippen LogP contribution in [0.2, 0.25) is 0 Å². The quantitative estimate of drug-likeness (QED) is 0.751. The van der Waals surface area contributed by atoms with Crippen LogP contribution in [0.25, 0.3) is 0 Å². The first-order valence-corrected chi connectivity index (χ1v) is 9.20. The van der Waals surface area contributed by atoms with Gasteiger partial charge in [0, 0.05) is 30.9 Å². The SMILES string of the molecule is Cl.Nc1ccc(CCNC(=O)C2CCCN(C(=O)c3ccc(F)cc3)C2)cc1. The maximum Gasteiger partial charge on any atom is 0.253 e. The minimum atomic E-state index is -0.372. The molecule has 1 fully saturated rings. The highest BCUT2D eigenvalue weighted by molar-refractivity contribution is 5.94. The van der Waals surface area contributed by atoms with Gasteiger partial charge in [-0.05, 0) is 61.2 Å². The van der Waals surface area contributed by atoms with Crippen molar-refractivity contribution in [3.05, 3.63) is 65.5 Å². The minimum absolute atomic E-state index is 0. The number of piperidine rings is 1. The van der Waals surface area contributed by atoms with Gasteiger partial charge in [-0.15, -0.1) is 12.4 Å². The third-order valence-electron chi connectivity index (χ3n) is 4.86. The van der Waals surface area contributed by atoms with E-state index in [-0.39, 0.29) is 36.0 Å². The number of nitrogens with one attached hydrogen (secondary N) is 1. The van der Waals surface area contributed by atoms with Gasteiger partial charge in [0.1, 0.15) is 5.82 Å². The molecule has 0 bridgehead atoms. The van der Waals surface area contributed by atoms with Gasteiger partial charge in [-0.2, -0.15) is 0 Å². The van der Waals surface area contributed by atoms with Gasteiger partial charge < -0.3 is 16.0 Å². The average Bonchev–Trinajstić information content (AvgIpc) is 2.69. The topological polar surface area (TPSA) is 75.4 Å². The first-order chi connectivity index (χ1) is 13.0. The van der Waals surface area contributed by atoms with Crippen molar-refractivity contribution in [2.45, 2.75) is 19.3 Å². The number of benzene rings is 2. The first-order valence-electron chi connectivity index (χ1n) is 9.20. The van der Waals surface area contributed by atoms with Crippen LogP contribution >= 0.6 is 12.4 Å². The number of carbonyl (C=O) groups is 2. The van der Waals surface area contributed by atoms with E-state index < -0.39 is 0 Å². The summed E-state index contributed by atoms with van der Waals surface area (Å²) in [6, 6.07) is 13.1. The highest BCUT2D eigenvalue weighted by atomic mass is 35.5. The van der Waals surface area contributed by atoms with Crippen molar-refractivity contribution in [2.75, 3.05) is 25.4 Å². The van der Waals surface area contributed by atoms with Gasteiger partial charge in [0.25, 0.3) is 5.91 Å². The molecule has 1 aliphatic rings. The van der Waals surface area contributed by atoms with Gasteiger partial charge >= 0.3 is 0 Å². The first kappa shape index (κ1) is 21.7. The molecular formula is C21H25ClFN3O2. The molecule has 0 spiro atoms. The number of halogens is 2. The summed E-state index contributed by atoms with van der Waals surface area (Å²) in [5.41, 5.74) is 7.94. The lowest BCUT2D eigenvalue weighted by atomic mass is 9.96. The molecule has 1 unspecified atom stereocenters. The normalized spacial score (nSPS) is 16.2. The summed E-state index contributed by atoms with van der Waals surface area (Å²) in [5.74, 6) is -0.769. The smallest absolute Gasteiger partial charge is 0.253 e. The maximum absolute atomic E-state index is 13.0. The van der Waals surface area contributed by atoms with E-state index in [4.69, 9.17) is 5.73 Å². The molecule has 7 heteroatoms. The fraction of sp³-hybridized carbons (Fsp3) is 0.333. The fourth-order valence-corrected chi connectivity index (χ4v) is 3.31. The number of amides is 2. The summed E-state index contributed by atoms with van der Waals surface area (Å²) in [4.78, 5) is 26.7. The molecule has 2 amide bonds. The summed E-state index contributed by atoms with van der Waals surface area (Å²) in [6.45, 7) is 1.56. The van der Waals surface area contributed by atoms with E-state index in [1.807, 2.05) is 24.3 Å². The number of anilines is 1. The van der Waals surface area contributed by atoms with Crippen molar-refractivity contribution in [3.8, 4) is 0 Å². The molecule has 1 aliphatic heterocycles. The van der Waals surface area contributed by atoms with Crippen LogP contribution in [-0.4, -0.2) is 36.3 Å². The lowest BCUT2D eigenvalue weighted by Crippen LogP contribution is -2.45. The molecule has 0 aromatic heterocycles. The van der Waals surface area contributed by atoms with E-state index in [9.17, 15) is 14.0 Å². The fourth-order valence-electron chi connectivity index (χ4n) is 3.31. The Hall–Kier alpha value is -2.60. The number of likely N-dealkylation sites (tertiary alicyclic amines) is 1. The molecular weight excluding hydrogens is 381 g/mol. The Labute approximate surface area is 170 Å². The molecule has 0 saturated carbocycles. The van der Waals surface area contributed by atoms with E-state index in [1.54, 1.807) is 4.90 Å². The van der Waals surface area contributed by atoms with Crippen LogP contribution in [0.3, 0.4) is 0 Å². The third kappa shape index (κ3) is 5.70. The van der Waals surface area contributed by atoms with Crippen LogP contribution in [0, 0.1) is 11.7 Å². The van der Waals surface area contributed by atoms with E-state index in [0.717, 1.165) is 30.5 Å². The zero-order valence-electron chi connectivity index (χ0n) is 15.6. The second-order valence-corrected chi connectivity index (χ2v) is 6.88. The molecule has 150 valence electrons. The monoisotopic (exact) mass is 405 g/mol. The lowest BCUT2D eigenvalue weighted by Gasteiger charge is -2.32. The van der Waals surface area contributed by atoms with Crippen molar-refractivity contribution in [3.63, 3.8) is 0 Å². The zero-order chi connectivity index (χ0) is 19.2. The molecule has 5 nitrogen and oxygen atoms in total. The molecule has 3 rings (SSSR count). The Morgan fingerprint density at radius 1 is 1.11 bits per heavy atom. The van der Waals surface area contributed by atoms with Crippen molar-refractivity contribution >= 4 is 29.9 Å². The van der Waals surface area contributed by atoms with Crippen LogP contribution in [-0.2, 0) is 11.2 Å². The number of nitrogens with zero attached hydrogens (tertiary/aromatic N) is 1.